The van der Waals surface area contributed by atoms with Gasteiger partial charge in [0.05, 0.1) is 0 Å². The molecular formula is C14H22N4O3. The van der Waals surface area contributed by atoms with Crippen molar-refractivity contribution in [3.63, 3.8) is 0 Å². The van der Waals surface area contributed by atoms with Crippen LogP contribution < -0.4 is 10.6 Å². The summed E-state index contributed by atoms with van der Waals surface area (Å²) in [6, 6.07) is 1.34. The minimum absolute atomic E-state index is 0.0401. The highest BCUT2D eigenvalue weighted by atomic mass is 16.5. The molecule has 116 valence electrons. The fourth-order valence-corrected chi connectivity index (χ4v) is 2.16. The molecule has 1 aromatic heterocycles. The molecule has 0 aromatic carbocycles. The van der Waals surface area contributed by atoms with Crippen molar-refractivity contribution in [1.82, 2.24) is 15.4 Å². The lowest BCUT2D eigenvalue weighted by Gasteiger charge is -2.29. The van der Waals surface area contributed by atoms with Gasteiger partial charge in [0.1, 0.15) is 5.76 Å². The molecule has 1 saturated heterocycles. The van der Waals surface area contributed by atoms with Crippen LogP contribution in [0.1, 0.15) is 39.4 Å². The minimum atomic E-state index is -0.337. The number of rotatable bonds is 2. The van der Waals surface area contributed by atoms with E-state index in [-0.39, 0.29) is 23.4 Å². The largest absolute Gasteiger partial charge is 0.359 e. The monoisotopic (exact) mass is 294 g/mol. The number of carbonyl (C=O) groups excluding carboxylic acids is 2. The van der Waals surface area contributed by atoms with E-state index in [1.54, 1.807) is 18.0 Å². The van der Waals surface area contributed by atoms with Crippen LogP contribution in [-0.2, 0) is 10.2 Å². The number of anilines is 1. The Kier molecular flexibility index (Phi) is 4.20. The number of hydrogen-bond donors (Lipinski definition) is 2. The first kappa shape index (κ1) is 15.3. The molecule has 0 aliphatic carbocycles. The number of aromatic nitrogens is 1. The summed E-state index contributed by atoms with van der Waals surface area (Å²) in [5.74, 6) is 1.21. The summed E-state index contributed by atoms with van der Waals surface area (Å²) in [5.41, 5.74) is -0.157. The smallest absolute Gasteiger partial charge is 0.320 e. The molecule has 2 N–H and O–H groups in total. The van der Waals surface area contributed by atoms with Crippen molar-refractivity contribution >= 4 is 17.8 Å². The predicted molar refractivity (Wildman–Crippen MR) is 78.0 cm³/mol. The average Bonchev–Trinajstić information content (AvgIpc) is 2.82. The average molecular weight is 294 g/mol. The van der Waals surface area contributed by atoms with Crippen molar-refractivity contribution in [1.29, 1.82) is 0 Å². The second kappa shape index (κ2) is 5.75. The van der Waals surface area contributed by atoms with Crippen LogP contribution in [0.3, 0.4) is 0 Å². The van der Waals surface area contributed by atoms with E-state index in [0.717, 1.165) is 0 Å². The Hall–Kier alpha value is -2.05. The lowest BCUT2D eigenvalue weighted by Crippen LogP contribution is -2.49. The van der Waals surface area contributed by atoms with Crippen LogP contribution in [0.4, 0.5) is 10.6 Å². The third-order valence-electron chi connectivity index (χ3n) is 3.45. The molecule has 1 aromatic rings. The van der Waals surface area contributed by atoms with Gasteiger partial charge in [-0.3, -0.25) is 10.1 Å². The van der Waals surface area contributed by atoms with Crippen LogP contribution >= 0.6 is 0 Å². The molecule has 2 rings (SSSR count). The van der Waals surface area contributed by atoms with Crippen LogP contribution in [0.5, 0.6) is 0 Å². The Balaban J connectivity index is 1.87. The highest BCUT2D eigenvalue weighted by Crippen LogP contribution is 2.24. The van der Waals surface area contributed by atoms with Crippen molar-refractivity contribution in [3.8, 4) is 0 Å². The first-order chi connectivity index (χ1) is 9.75. The Morgan fingerprint density at radius 3 is 2.76 bits per heavy atom. The third-order valence-corrected chi connectivity index (χ3v) is 3.45. The van der Waals surface area contributed by atoms with Crippen molar-refractivity contribution in [2.45, 2.75) is 45.1 Å². The van der Waals surface area contributed by atoms with Crippen molar-refractivity contribution in [2.75, 3.05) is 18.9 Å². The van der Waals surface area contributed by atoms with Gasteiger partial charge in [-0.25, -0.2) is 4.79 Å². The molecule has 0 radical (unpaired) electrons. The second-order valence-electron chi connectivity index (χ2n) is 6.43. The topological polar surface area (TPSA) is 87.5 Å². The first-order valence-corrected chi connectivity index (χ1v) is 7.04. The summed E-state index contributed by atoms with van der Waals surface area (Å²) in [4.78, 5) is 24.9. The summed E-state index contributed by atoms with van der Waals surface area (Å²) >= 11 is 0. The van der Waals surface area contributed by atoms with Crippen LogP contribution in [0.25, 0.3) is 0 Å². The SMILES string of the molecule is CN1C[C@@H](NC(=O)Nc2cc(C(C)(C)C)on2)CCC1=O. The Bertz CT molecular complexity index is 533. The standard InChI is InChI=1S/C14H22N4O3/c1-14(2,3)10-7-11(17-21-10)16-13(20)15-9-5-6-12(19)18(4)8-9/h7,9H,5-6,8H2,1-4H3,(H2,15,16,17,20)/t9-/m0/s1. The molecule has 3 amide bonds. The normalized spacial score (nSPS) is 19.5. The van der Waals surface area contributed by atoms with Gasteiger partial charge in [0, 0.05) is 37.5 Å². The highest BCUT2D eigenvalue weighted by Gasteiger charge is 2.25. The van der Waals surface area contributed by atoms with E-state index in [0.29, 0.717) is 31.0 Å². The van der Waals surface area contributed by atoms with E-state index in [4.69, 9.17) is 4.52 Å². The van der Waals surface area contributed by atoms with E-state index in [1.807, 2.05) is 20.8 Å². The molecule has 1 atom stereocenters. The van der Waals surface area contributed by atoms with E-state index < -0.39 is 0 Å². The summed E-state index contributed by atoms with van der Waals surface area (Å²) in [6.07, 6.45) is 1.11. The molecule has 1 aliphatic heterocycles. The predicted octanol–water partition coefficient (Wildman–Crippen LogP) is 1.71. The van der Waals surface area contributed by atoms with Crippen LogP contribution in [0.15, 0.2) is 10.6 Å². The summed E-state index contributed by atoms with van der Waals surface area (Å²) in [5, 5.41) is 9.32. The summed E-state index contributed by atoms with van der Waals surface area (Å²) < 4.78 is 5.21. The van der Waals surface area contributed by atoms with Gasteiger partial charge in [0.15, 0.2) is 5.82 Å². The number of carbonyl (C=O) groups is 2. The van der Waals surface area contributed by atoms with Crippen molar-refractivity contribution in [3.05, 3.63) is 11.8 Å². The van der Waals surface area contributed by atoms with E-state index in [1.165, 1.54) is 0 Å². The van der Waals surface area contributed by atoms with Crippen LogP contribution in [0, 0.1) is 0 Å². The van der Waals surface area contributed by atoms with Crippen LogP contribution in [-0.4, -0.2) is 41.6 Å². The maximum Gasteiger partial charge on any atom is 0.320 e. The molecule has 2 heterocycles. The summed E-state index contributed by atoms with van der Waals surface area (Å²) in [6.45, 7) is 6.54. The molecule has 21 heavy (non-hydrogen) atoms. The molecule has 1 fully saturated rings. The number of hydrogen-bond acceptors (Lipinski definition) is 4. The lowest BCUT2D eigenvalue weighted by molar-refractivity contribution is -0.132. The Morgan fingerprint density at radius 1 is 1.48 bits per heavy atom. The fraction of sp³-hybridized carbons (Fsp3) is 0.643. The maximum absolute atomic E-state index is 11.9. The van der Waals surface area contributed by atoms with E-state index in [2.05, 4.69) is 15.8 Å². The molecule has 0 spiro atoms. The van der Waals surface area contributed by atoms with Gasteiger partial charge in [0.25, 0.3) is 0 Å². The number of nitrogens with zero attached hydrogens (tertiary/aromatic N) is 2. The number of piperidine rings is 1. The fourth-order valence-electron chi connectivity index (χ4n) is 2.16. The maximum atomic E-state index is 11.9. The number of likely N-dealkylation sites (tertiary alicyclic amines) is 1. The molecule has 0 bridgehead atoms. The van der Waals surface area contributed by atoms with E-state index >= 15 is 0 Å². The minimum Gasteiger partial charge on any atom is -0.359 e. The zero-order valence-corrected chi connectivity index (χ0v) is 12.9. The lowest BCUT2D eigenvalue weighted by atomic mass is 9.93. The third kappa shape index (κ3) is 3.96. The van der Waals surface area contributed by atoms with Crippen LogP contribution in [0.2, 0.25) is 0 Å². The number of urea groups is 1. The summed E-state index contributed by atoms with van der Waals surface area (Å²) in [7, 11) is 1.74. The van der Waals surface area contributed by atoms with Crippen molar-refractivity contribution in [2.24, 2.45) is 0 Å². The van der Waals surface area contributed by atoms with Gasteiger partial charge in [-0.15, -0.1) is 0 Å². The zero-order chi connectivity index (χ0) is 15.6. The van der Waals surface area contributed by atoms with Gasteiger partial charge >= 0.3 is 6.03 Å². The second-order valence-corrected chi connectivity index (χ2v) is 6.43. The quantitative estimate of drug-likeness (QED) is 0.869. The Labute approximate surface area is 124 Å². The number of nitrogens with one attached hydrogen (secondary N) is 2. The molecular weight excluding hydrogens is 272 g/mol. The molecule has 7 heteroatoms. The van der Waals surface area contributed by atoms with Gasteiger partial charge in [-0.05, 0) is 6.42 Å². The van der Waals surface area contributed by atoms with Crippen molar-refractivity contribution < 1.29 is 14.1 Å². The van der Waals surface area contributed by atoms with Gasteiger partial charge in [-0.1, -0.05) is 25.9 Å². The number of amides is 3. The molecule has 7 nitrogen and oxygen atoms in total. The molecule has 0 saturated carbocycles. The first-order valence-electron chi connectivity index (χ1n) is 7.04. The number of likely N-dealkylation sites (N-methyl/N-ethyl adjacent to an activating group) is 1. The Morgan fingerprint density at radius 2 is 2.19 bits per heavy atom. The van der Waals surface area contributed by atoms with Gasteiger partial charge < -0.3 is 14.7 Å². The highest BCUT2D eigenvalue weighted by molar-refractivity contribution is 5.88. The molecule has 1 aliphatic rings. The zero-order valence-electron chi connectivity index (χ0n) is 12.9. The van der Waals surface area contributed by atoms with E-state index in [9.17, 15) is 9.59 Å². The van der Waals surface area contributed by atoms with Gasteiger partial charge in [-0.2, -0.15) is 0 Å². The molecule has 0 unspecified atom stereocenters. The van der Waals surface area contributed by atoms with Gasteiger partial charge in [0.2, 0.25) is 5.91 Å².